The van der Waals surface area contributed by atoms with E-state index < -0.39 is 0 Å². The molecule has 4 rings (SSSR count). The zero-order chi connectivity index (χ0) is 21.3. The van der Waals surface area contributed by atoms with Crippen LogP contribution in [0.1, 0.15) is 20.3 Å². The maximum absolute atomic E-state index is 4.54. The molecule has 0 aliphatic heterocycles. The highest BCUT2D eigenvalue weighted by Gasteiger charge is 2.21. The summed E-state index contributed by atoms with van der Waals surface area (Å²) in [5, 5.41) is 35.8. The van der Waals surface area contributed by atoms with Crippen LogP contribution in [-0.4, -0.2) is 60.0 Å². The van der Waals surface area contributed by atoms with Crippen molar-refractivity contribution < 1.29 is 0 Å². The molecule has 14 heteroatoms. The predicted molar refractivity (Wildman–Crippen MR) is 112 cm³/mol. The Labute approximate surface area is 180 Å². The van der Waals surface area contributed by atoms with E-state index in [1.807, 2.05) is 14.1 Å². The summed E-state index contributed by atoms with van der Waals surface area (Å²) in [4.78, 5) is 3.08. The van der Waals surface area contributed by atoms with Gasteiger partial charge in [0, 0.05) is 14.1 Å². The van der Waals surface area contributed by atoms with Gasteiger partial charge in [-0.2, -0.15) is 19.8 Å². The molecule has 0 saturated carbocycles. The minimum Gasteiger partial charge on any atom is -0.260 e. The van der Waals surface area contributed by atoms with E-state index in [1.54, 1.807) is 55.2 Å². The van der Waals surface area contributed by atoms with Crippen LogP contribution in [0.3, 0.4) is 0 Å². The molecule has 1 atom stereocenters. The fraction of sp³-hybridized carbons (Fsp3) is 0.500. The first-order valence-corrected chi connectivity index (χ1v) is 11.5. The van der Waals surface area contributed by atoms with Crippen molar-refractivity contribution in [2.45, 2.75) is 36.9 Å². The molecular formula is C16H22N12S2. The van der Waals surface area contributed by atoms with Gasteiger partial charge >= 0.3 is 0 Å². The quantitative estimate of drug-likeness (QED) is 0.370. The third kappa shape index (κ3) is 4.09. The van der Waals surface area contributed by atoms with Crippen molar-refractivity contribution in [3.05, 3.63) is 12.4 Å². The Balaban J connectivity index is 1.56. The van der Waals surface area contributed by atoms with Crippen LogP contribution in [0, 0.1) is 5.92 Å². The number of rotatable bonds is 8. The molecule has 0 bridgehead atoms. The van der Waals surface area contributed by atoms with E-state index >= 15 is 0 Å². The standard InChI is InChI=1S/C16H22N12S2/c1-6-10(2)9-28-22-14(20-24-28)12-8-18-26(4)16(12)30-29-15-11(7-17-25(15)3)13-19-23-27(5)21-13/h7-8,10H,6,9H2,1-5H3. The second kappa shape index (κ2) is 8.55. The van der Waals surface area contributed by atoms with Gasteiger partial charge in [-0.3, -0.25) is 9.36 Å². The molecule has 0 spiro atoms. The molecule has 4 aromatic rings. The van der Waals surface area contributed by atoms with Crippen LogP contribution in [0.15, 0.2) is 22.4 Å². The van der Waals surface area contributed by atoms with Crippen LogP contribution < -0.4 is 0 Å². The summed E-state index contributed by atoms with van der Waals surface area (Å²) in [6.45, 7) is 5.06. The van der Waals surface area contributed by atoms with Gasteiger partial charge in [0.25, 0.3) is 0 Å². The van der Waals surface area contributed by atoms with Gasteiger partial charge in [-0.1, -0.05) is 20.3 Å². The fourth-order valence-corrected chi connectivity index (χ4v) is 5.26. The second-order valence-corrected chi connectivity index (χ2v) is 9.03. The number of hydrogen-bond acceptors (Lipinski definition) is 10. The van der Waals surface area contributed by atoms with Gasteiger partial charge in [0.05, 0.1) is 37.1 Å². The third-order valence-corrected chi connectivity index (χ3v) is 7.15. The molecule has 158 valence electrons. The van der Waals surface area contributed by atoms with Gasteiger partial charge < -0.3 is 0 Å². The van der Waals surface area contributed by atoms with Gasteiger partial charge in [-0.15, -0.1) is 20.4 Å². The average Bonchev–Trinajstić information content (AvgIpc) is 3.49. The van der Waals surface area contributed by atoms with Crippen LogP contribution in [0.5, 0.6) is 0 Å². The lowest BCUT2D eigenvalue weighted by Gasteiger charge is -2.06. The largest absolute Gasteiger partial charge is 0.260 e. The minimum absolute atomic E-state index is 0.489. The first kappa shape index (κ1) is 20.5. The minimum atomic E-state index is 0.489. The van der Waals surface area contributed by atoms with Crippen molar-refractivity contribution in [3.63, 3.8) is 0 Å². The molecule has 0 fully saturated rings. The Bertz CT molecular complexity index is 1140. The Morgan fingerprint density at radius 3 is 1.97 bits per heavy atom. The van der Waals surface area contributed by atoms with Crippen LogP contribution in [0.2, 0.25) is 0 Å². The molecule has 0 aliphatic rings. The molecule has 4 aromatic heterocycles. The molecule has 0 saturated heterocycles. The highest BCUT2D eigenvalue weighted by Crippen LogP contribution is 2.43. The highest BCUT2D eigenvalue weighted by atomic mass is 33.1. The summed E-state index contributed by atoms with van der Waals surface area (Å²) in [5.41, 5.74) is 1.66. The molecule has 1 unspecified atom stereocenters. The van der Waals surface area contributed by atoms with Gasteiger partial charge in [0.15, 0.2) is 0 Å². The summed E-state index contributed by atoms with van der Waals surface area (Å²) in [6.07, 6.45) is 4.57. The summed E-state index contributed by atoms with van der Waals surface area (Å²) < 4.78 is 3.60. The van der Waals surface area contributed by atoms with Crippen molar-refractivity contribution in [1.29, 1.82) is 0 Å². The summed E-state index contributed by atoms with van der Waals surface area (Å²) in [6, 6.07) is 0. The van der Waals surface area contributed by atoms with E-state index in [0.717, 1.165) is 34.1 Å². The van der Waals surface area contributed by atoms with Gasteiger partial charge in [0.2, 0.25) is 11.6 Å². The number of aryl methyl sites for hydroxylation is 3. The van der Waals surface area contributed by atoms with Crippen LogP contribution in [0.4, 0.5) is 0 Å². The smallest absolute Gasteiger partial charge is 0.209 e. The molecule has 0 radical (unpaired) electrons. The normalized spacial score (nSPS) is 12.6. The molecule has 0 N–H and O–H groups in total. The lowest BCUT2D eigenvalue weighted by molar-refractivity contribution is 0.397. The predicted octanol–water partition coefficient (Wildman–Crippen LogP) is 1.84. The van der Waals surface area contributed by atoms with E-state index in [4.69, 9.17) is 0 Å². The van der Waals surface area contributed by atoms with Gasteiger partial charge in [-0.05, 0) is 37.9 Å². The van der Waals surface area contributed by atoms with Crippen LogP contribution in [-0.2, 0) is 27.7 Å². The maximum Gasteiger partial charge on any atom is 0.209 e. The van der Waals surface area contributed by atoms with E-state index in [0.29, 0.717) is 17.6 Å². The molecule has 4 heterocycles. The SMILES string of the molecule is CCC(C)Cn1nnc(-c2cnn(C)c2SSc2c(-c3nnn(C)n3)cnn2C)n1. The summed E-state index contributed by atoms with van der Waals surface area (Å²) >= 11 is 0. The highest BCUT2D eigenvalue weighted by molar-refractivity contribution is 8.76. The monoisotopic (exact) mass is 446 g/mol. The first-order chi connectivity index (χ1) is 14.5. The number of hydrogen-bond donors (Lipinski definition) is 0. The number of aromatic nitrogens is 12. The Morgan fingerprint density at radius 2 is 1.43 bits per heavy atom. The third-order valence-electron chi connectivity index (χ3n) is 4.58. The van der Waals surface area contributed by atoms with Crippen molar-refractivity contribution in [2.24, 2.45) is 27.1 Å². The lowest BCUT2D eigenvalue weighted by Crippen LogP contribution is -2.09. The maximum atomic E-state index is 4.54. The molecule has 0 amide bonds. The Morgan fingerprint density at radius 1 is 0.867 bits per heavy atom. The van der Waals surface area contributed by atoms with E-state index in [9.17, 15) is 0 Å². The van der Waals surface area contributed by atoms with Gasteiger partial charge in [-0.25, -0.2) is 0 Å². The van der Waals surface area contributed by atoms with Crippen molar-refractivity contribution in [1.82, 2.24) is 60.0 Å². The molecule has 30 heavy (non-hydrogen) atoms. The average molecular weight is 447 g/mol. The molecule has 12 nitrogen and oxygen atoms in total. The van der Waals surface area contributed by atoms with Crippen LogP contribution in [0.25, 0.3) is 22.8 Å². The van der Waals surface area contributed by atoms with E-state index in [-0.39, 0.29) is 0 Å². The number of nitrogens with zero attached hydrogens (tertiary/aromatic N) is 12. The number of tetrazole rings is 2. The Hall–Kier alpha value is -2.74. The molecule has 0 aromatic carbocycles. The first-order valence-electron chi connectivity index (χ1n) is 9.37. The second-order valence-electron chi connectivity index (χ2n) is 6.92. The fourth-order valence-electron chi connectivity index (χ4n) is 2.66. The topological polar surface area (TPSA) is 123 Å². The van der Waals surface area contributed by atoms with E-state index in [1.165, 1.54) is 4.80 Å². The summed E-state index contributed by atoms with van der Waals surface area (Å²) in [7, 11) is 8.60. The zero-order valence-corrected chi connectivity index (χ0v) is 19.0. The Kier molecular flexibility index (Phi) is 5.85. The van der Waals surface area contributed by atoms with Crippen LogP contribution >= 0.6 is 21.6 Å². The van der Waals surface area contributed by atoms with Crippen molar-refractivity contribution in [2.75, 3.05) is 0 Å². The lowest BCUT2D eigenvalue weighted by atomic mass is 10.1. The molecule has 0 aliphatic carbocycles. The zero-order valence-electron chi connectivity index (χ0n) is 17.3. The summed E-state index contributed by atoms with van der Waals surface area (Å²) in [5.74, 6) is 1.59. The van der Waals surface area contributed by atoms with Crippen molar-refractivity contribution >= 4 is 21.6 Å². The van der Waals surface area contributed by atoms with E-state index in [2.05, 4.69) is 54.9 Å². The van der Waals surface area contributed by atoms with Gasteiger partial charge in [0.1, 0.15) is 10.1 Å². The van der Waals surface area contributed by atoms with Crippen molar-refractivity contribution in [3.8, 4) is 22.8 Å². The molecular weight excluding hydrogens is 424 g/mol.